The molecule has 0 saturated heterocycles. The Labute approximate surface area is 205 Å². The van der Waals surface area contributed by atoms with E-state index in [1.165, 1.54) is 0 Å². The zero-order chi connectivity index (χ0) is 25.9. The fourth-order valence-electron chi connectivity index (χ4n) is 3.55. The third kappa shape index (κ3) is 9.20. The summed E-state index contributed by atoms with van der Waals surface area (Å²) in [6, 6.07) is 5.81. The van der Waals surface area contributed by atoms with Crippen molar-refractivity contribution in [3.05, 3.63) is 42.0 Å². The fourth-order valence-corrected chi connectivity index (χ4v) is 3.55. The highest BCUT2D eigenvalue weighted by Crippen LogP contribution is 2.25. The van der Waals surface area contributed by atoms with Crippen LogP contribution in [0.15, 0.2) is 30.8 Å². The zero-order valence-electron chi connectivity index (χ0n) is 21.9. The Morgan fingerprint density at radius 3 is 2.35 bits per heavy atom. The van der Waals surface area contributed by atoms with Gasteiger partial charge in [-0.15, -0.1) is 0 Å². The van der Waals surface area contributed by atoms with E-state index in [1.807, 2.05) is 45.0 Å². The van der Waals surface area contributed by atoms with Crippen molar-refractivity contribution in [2.75, 3.05) is 13.1 Å². The summed E-state index contributed by atoms with van der Waals surface area (Å²) >= 11 is 0. The summed E-state index contributed by atoms with van der Waals surface area (Å²) in [7, 11) is 0. The third-order valence-electron chi connectivity index (χ3n) is 5.20. The van der Waals surface area contributed by atoms with E-state index in [2.05, 4.69) is 24.1 Å². The lowest BCUT2D eigenvalue weighted by Crippen LogP contribution is -2.55. The van der Waals surface area contributed by atoms with Crippen molar-refractivity contribution in [1.82, 2.24) is 15.5 Å². The molecule has 34 heavy (non-hydrogen) atoms. The summed E-state index contributed by atoms with van der Waals surface area (Å²) < 4.78 is 5.39. The normalized spacial score (nSPS) is 13.1. The van der Waals surface area contributed by atoms with Crippen molar-refractivity contribution in [3.63, 3.8) is 0 Å². The molecular formula is C27H43N3O4. The van der Waals surface area contributed by atoms with Gasteiger partial charge in [-0.1, -0.05) is 65.0 Å². The Morgan fingerprint density at radius 1 is 1.15 bits per heavy atom. The van der Waals surface area contributed by atoms with Crippen LogP contribution in [0.4, 0.5) is 4.79 Å². The number of rotatable bonds is 12. The van der Waals surface area contributed by atoms with Crippen LogP contribution in [0.25, 0.3) is 6.08 Å². The molecule has 0 fully saturated rings. The zero-order valence-corrected chi connectivity index (χ0v) is 21.9. The Hall–Kier alpha value is -2.83. The maximum Gasteiger partial charge on any atom is 0.408 e. The molecular weight excluding hydrogens is 430 g/mol. The summed E-state index contributed by atoms with van der Waals surface area (Å²) in [4.78, 5) is 41.3. The maximum atomic E-state index is 13.8. The van der Waals surface area contributed by atoms with Gasteiger partial charge in [-0.25, -0.2) is 4.79 Å². The highest BCUT2D eigenvalue weighted by Gasteiger charge is 2.37. The molecule has 7 nitrogen and oxygen atoms in total. The van der Waals surface area contributed by atoms with Crippen molar-refractivity contribution < 1.29 is 19.1 Å². The molecule has 0 heterocycles. The number of ether oxygens (including phenoxy) is 1. The SMILES string of the molecule is C=Cc1cccc(C(C(=O)NCCCC)N(CCC)C(=O)C(NC(=O)OC(C)(C)C)C(C)C)c1. The first-order chi connectivity index (χ1) is 15.9. The summed E-state index contributed by atoms with van der Waals surface area (Å²) in [5.74, 6) is -0.763. The third-order valence-corrected chi connectivity index (χ3v) is 5.20. The Bertz CT molecular complexity index is 829. The Kier molecular flexibility index (Phi) is 11.8. The summed E-state index contributed by atoms with van der Waals surface area (Å²) in [5, 5.41) is 5.71. The van der Waals surface area contributed by atoms with E-state index in [0.29, 0.717) is 25.1 Å². The molecule has 0 aliphatic rings. The van der Waals surface area contributed by atoms with Crippen LogP contribution in [0.3, 0.4) is 0 Å². The number of benzene rings is 1. The molecule has 1 rings (SSSR count). The van der Waals surface area contributed by atoms with Crippen molar-refractivity contribution in [2.45, 2.75) is 85.4 Å². The molecule has 2 unspecified atom stereocenters. The Balaban J connectivity index is 3.40. The van der Waals surface area contributed by atoms with Crippen molar-refractivity contribution >= 4 is 24.0 Å². The molecule has 0 aromatic heterocycles. The minimum Gasteiger partial charge on any atom is -0.444 e. The van der Waals surface area contributed by atoms with Gasteiger partial charge in [0, 0.05) is 13.1 Å². The molecule has 0 bridgehead atoms. The first kappa shape index (κ1) is 29.2. The second-order valence-electron chi connectivity index (χ2n) is 9.82. The number of carbonyl (C=O) groups excluding carboxylic acids is 3. The largest absolute Gasteiger partial charge is 0.444 e. The summed E-state index contributed by atoms with van der Waals surface area (Å²) in [5.41, 5.74) is 0.873. The van der Waals surface area contributed by atoms with E-state index in [1.54, 1.807) is 31.7 Å². The van der Waals surface area contributed by atoms with Gasteiger partial charge in [0.05, 0.1) is 0 Å². The molecule has 0 aliphatic heterocycles. The monoisotopic (exact) mass is 473 g/mol. The van der Waals surface area contributed by atoms with E-state index in [0.717, 1.165) is 18.4 Å². The summed E-state index contributed by atoms with van der Waals surface area (Å²) in [6.07, 6.45) is 3.50. The average molecular weight is 474 g/mol. The van der Waals surface area contributed by atoms with E-state index < -0.39 is 23.8 Å². The van der Waals surface area contributed by atoms with Gasteiger partial charge in [-0.3, -0.25) is 9.59 Å². The van der Waals surface area contributed by atoms with Crippen LogP contribution < -0.4 is 10.6 Å². The molecule has 0 spiro atoms. The van der Waals surface area contributed by atoms with E-state index in [9.17, 15) is 14.4 Å². The fraction of sp³-hybridized carbons (Fsp3) is 0.593. The predicted molar refractivity (Wildman–Crippen MR) is 137 cm³/mol. The number of hydrogen-bond donors (Lipinski definition) is 2. The molecule has 0 saturated carbocycles. The van der Waals surface area contributed by atoms with E-state index in [4.69, 9.17) is 4.74 Å². The molecule has 0 radical (unpaired) electrons. The topological polar surface area (TPSA) is 87.7 Å². The number of unbranched alkanes of at least 4 members (excludes halogenated alkanes) is 1. The molecule has 1 aromatic carbocycles. The highest BCUT2D eigenvalue weighted by atomic mass is 16.6. The second-order valence-corrected chi connectivity index (χ2v) is 9.82. The lowest BCUT2D eigenvalue weighted by molar-refractivity contribution is -0.143. The van der Waals surface area contributed by atoms with Gasteiger partial charge >= 0.3 is 6.09 Å². The van der Waals surface area contributed by atoms with Crippen LogP contribution in [-0.4, -0.2) is 47.5 Å². The van der Waals surface area contributed by atoms with Crippen LogP contribution in [0, 0.1) is 5.92 Å². The molecule has 0 aliphatic carbocycles. The van der Waals surface area contributed by atoms with Crippen LogP contribution >= 0.6 is 0 Å². The lowest BCUT2D eigenvalue weighted by Gasteiger charge is -2.35. The van der Waals surface area contributed by atoms with Crippen LogP contribution in [0.1, 0.15) is 84.9 Å². The number of nitrogens with zero attached hydrogens (tertiary/aromatic N) is 1. The van der Waals surface area contributed by atoms with E-state index in [-0.39, 0.29) is 17.7 Å². The number of nitrogens with one attached hydrogen (secondary N) is 2. The van der Waals surface area contributed by atoms with Gasteiger partial charge in [-0.05, 0) is 56.7 Å². The molecule has 2 N–H and O–H groups in total. The van der Waals surface area contributed by atoms with Gasteiger partial charge in [-0.2, -0.15) is 0 Å². The van der Waals surface area contributed by atoms with Crippen molar-refractivity contribution in [1.29, 1.82) is 0 Å². The number of amides is 3. The lowest BCUT2D eigenvalue weighted by atomic mass is 9.97. The molecule has 190 valence electrons. The first-order valence-corrected chi connectivity index (χ1v) is 12.2. The standard InChI is InChI=1S/C27H43N3O4/c1-9-12-16-28-24(31)23(21-15-13-14-20(11-3)18-21)30(17-10-2)25(32)22(19(4)5)29-26(33)34-27(6,7)8/h11,13-15,18-19,22-23H,3,9-10,12,16-17H2,1-2,4-8H3,(H,28,31)(H,29,33). The maximum absolute atomic E-state index is 13.8. The predicted octanol–water partition coefficient (Wildman–Crippen LogP) is 5.07. The van der Waals surface area contributed by atoms with Gasteiger partial charge in [0.1, 0.15) is 17.7 Å². The number of carbonyl (C=O) groups is 3. The van der Waals surface area contributed by atoms with Crippen molar-refractivity contribution in [3.8, 4) is 0 Å². The van der Waals surface area contributed by atoms with Gasteiger partial charge in [0.25, 0.3) is 0 Å². The number of hydrogen-bond acceptors (Lipinski definition) is 4. The molecule has 2 atom stereocenters. The first-order valence-electron chi connectivity index (χ1n) is 12.2. The summed E-state index contributed by atoms with van der Waals surface area (Å²) in [6.45, 7) is 17.8. The van der Waals surface area contributed by atoms with Crippen LogP contribution in [-0.2, 0) is 14.3 Å². The highest BCUT2D eigenvalue weighted by molar-refractivity contribution is 5.92. The van der Waals surface area contributed by atoms with Gasteiger partial charge < -0.3 is 20.3 Å². The van der Waals surface area contributed by atoms with Crippen LogP contribution in [0.5, 0.6) is 0 Å². The van der Waals surface area contributed by atoms with Crippen molar-refractivity contribution in [2.24, 2.45) is 5.92 Å². The Morgan fingerprint density at radius 2 is 1.82 bits per heavy atom. The number of alkyl carbamates (subject to hydrolysis) is 1. The molecule has 3 amide bonds. The molecule has 7 heteroatoms. The smallest absolute Gasteiger partial charge is 0.408 e. The van der Waals surface area contributed by atoms with Gasteiger partial charge in [0.15, 0.2) is 0 Å². The second kappa shape index (κ2) is 13.8. The minimum absolute atomic E-state index is 0.206. The quantitative estimate of drug-likeness (QED) is 0.415. The van der Waals surface area contributed by atoms with E-state index >= 15 is 0 Å². The average Bonchev–Trinajstić information content (AvgIpc) is 2.75. The minimum atomic E-state index is -0.838. The van der Waals surface area contributed by atoms with Gasteiger partial charge in [0.2, 0.25) is 11.8 Å². The van der Waals surface area contributed by atoms with Crippen LogP contribution in [0.2, 0.25) is 0 Å². The molecule has 1 aromatic rings.